The summed E-state index contributed by atoms with van der Waals surface area (Å²) in [6, 6.07) is 13.4. The Labute approximate surface area is 183 Å². The molecule has 8 heteroatoms. The van der Waals surface area contributed by atoms with E-state index in [4.69, 9.17) is 4.42 Å². The van der Waals surface area contributed by atoms with Crippen molar-refractivity contribution < 1.29 is 12.8 Å². The first kappa shape index (κ1) is 20.9. The summed E-state index contributed by atoms with van der Waals surface area (Å²) in [5.41, 5.74) is 0.0707. The molecule has 1 heterocycles. The molecule has 1 aliphatic carbocycles. The van der Waals surface area contributed by atoms with Crippen LogP contribution in [0, 0.1) is 5.92 Å². The molecule has 0 aliphatic heterocycles. The highest BCUT2D eigenvalue weighted by Gasteiger charge is 2.23. The number of fused-ring (bicyclic) bond motifs is 1. The molecule has 2 aromatic carbocycles. The van der Waals surface area contributed by atoms with Gasteiger partial charge in [-0.3, -0.25) is 4.72 Å². The zero-order chi connectivity index (χ0) is 21.1. The second kappa shape index (κ2) is 8.81. The van der Waals surface area contributed by atoms with Gasteiger partial charge in [-0.25, -0.2) is 13.2 Å². The van der Waals surface area contributed by atoms with Crippen molar-refractivity contribution in [2.45, 2.75) is 37.0 Å². The maximum absolute atomic E-state index is 12.9. The number of anilines is 2. The van der Waals surface area contributed by atoms with E-state index in [1.807, 2.05) is 12.1 Å². The number of benzene rings is 2. The molecule has 2 N–H and O–H groups in total. The molecular formula is C22H23BrN2O4S. The summed E-state index contributed by atoms with van der Waals surface area (Å²) in [6.07, 6.45) is 5.92. The minimum atomic E-state index is -3.96. The number of rotatable bonds is 6. The van der Waals surface area contributed by atoms with E-state index in [1.54, 1.807) is 24.3 Å². The molecular weight excluding hydrogens is 468 g/mol. The number of halogens is 1. The van der Waals surface area contributed by atoms with Crippen LogP contribution in [-0.2, 0) is 10.0 Å². The summed E-state index contributed by atoms with van der Waals surface area (Å²) >= 11 is 3.30. The Kier molecular flexibility index (Phi) is 6.15. The van der Waals surface area contributed by atoms with Gasteiger partial charge in [0.05, 0.1) is 10.6 Å². The third kappa shape index (κ3) is 4.54. The molecule has 0 atom stereocenters. The van der Waals surface area contributed by atoms with Crippen molar-refractivity contribution in [3.05, 3.63) is 63.4 Å². The molecule has 1 fully saturated rings. The number of nitrogens with one attached hydrogen (secondary N) is 2. The molecule has 30 heavy (non-hydrogen) atoms. The van der Waals surface area contributed by atoms with Crippen molar-refractivity contribution in [1.29, 1.82) is 0 Å². The van der Waals surface area contributed by atoms with Gasteiger partial charge in [0.2, 0.25) is 0 Å². The highest BCUT2D eigenvalue weighted by atomic mass is 79.9. The van der Waals surface area contributed by atoms with Gasteiger partial charge in [-0.1, -0.05) is 47.3 Å². The Morgan fingerprint density at radius 2 is 1.67 bits per heavy atom. The molecule has 1 aromatic heterocycles. The predicted molar refractivity (Wildman–Crippen MR) is 122 cm³/mol. The fourth-order valence-electron chi connectivity index (χ4n) is 3.87. The topological polar surface area (TPSA) is 88.4 Å². The molecule has 1 saturated carbocycles. The molecule has 1 aliphatic rings. The van der Waals surface area contributed by atoms with Gasteiger partial charge in [0, 0.05) is 16.4 Å². The summed E-state index contributed by atoms with van der Waals surface area (Å²) in [5.74, 6) is 0.501. The number of hydrogen-bond acceptors (Lipinski definition) is 5. The van der Waals surface area contributed by atoms with Crippen LogP contribution in [0.5, 0.6) is 0 Å². The third-order valence-corrected chi connectivity index (χ3v) is 7.36. The second-order valence-electron chi connectivity index (χ2n) is 7.58. The molecule has 0 unspecified atom stereocenters. The van der Waals surface area contributed by atoms with E-state index in [2.05, 4.69) is 26.0 Å². The summed E-state index contributed by atoms with van der Waals surface area (Å²) in [5, 5.41) is 4.02. The molecule has 0 bridgehead atoms. The fourth-order valence-corrected chi connectivity index (χ4v) is 5.20. The van der Waals surface area contributed by atoms with Gasteiger partial charge in [-0.15, -0.1) is 0 Å². The first-order chi connectivity index (χ1) is 14.4. The predicted octanol–water partition coefficient (Wildman–Crippen LogP) is 5.35. The van der Waals surface area contributed by atoms with Gasteiger partial charge < -0.3 is 9.73 Å². The maximum atomic E-state index is 12.9. The number of hydrogen-bond donors (Lipinski definition) is 2. The molecule has 0 radical (unpaired) electrons. The van der Waals surface area contributed by atoms with E-state index in [9.17, 15) is 13.2 Å². The standard InChI is InChI=1S/C22H23BrN2O4S/c23-16-10-12-17(13-11-16)30(27,28)25-21-20(24-14-15-6-2-1-3-7-15)18-8-4-5-9-19(18)29-22(21)26/h4-5,8-13,15,24-25H,1-3,6-7,14H2. The van der Waals surface area contributed by atoms with Gasteiger partial charge in [-0.05, 0) is 55.2 Å². The maximum Gasteiger partial charge on any atom is 0.363 e. The molecule has 0 saturated heterocycles. The first-order valence-electron chi connectivity index (χ1n) is 10.0. The van der Waals surface area contributed by atoms with Crippen molar-refractivity contribution in [1.82, 2.24) is 0 Å². The monoisotopic (exact) mass is 490 g/mol. The summed E-state index contributed by atoms with van der Waals surface area (Å²) in [6.45, 7) is 0.681. The van der Waals surface area contributed by atoms with Gasteiger partial charge >= 0.3 is 5.63 Å². The van der Waals surface area contributed by atoms with E-state index < -0.39 is 15.6 Å². The van der Waals surface area contributed by atoms with Crippen LogP contribution < -0.4 is 15.7 Å². The molecule has 6 nitrogen and oxygen atoms in total. The first-order valence-corrected chi connectivity index (χ1v) is 12.3. The van der Waals surface area contributed by atoms with Crippen LogP contribution in [0.25, 0.3) is 11.0 Å². The number of sulfonamides is 1. The Morgan fingerprint density at radius 3 is 2.40 bits per heavy atom. The summed E-state index contributed by atoms with van der Waals surface area (Å²) < 4.78 is 34.5. The van der Waals surface area contributed by atoms with Crippen molar-refractivity contribution in [2.24, 2.45) is 5.92 Å². The summed E-state index contributed by atoms with van der Waals surface area (Å²) in [4.78, 5) is 12.8. The summed E-state index contributed by atoms with van der Waals surface area (Å²) in [7, 11) is -3.96. The zero-order valence-electron chi connectivity index (χ0n) is 16.4. The highest BCUT2D eigenvalue weighted by Crippen LogP contribution is 2.32. The van der Waals surface area contributed by atoms with Crippen molar-refractivity contribution >= 4 is 48.3 Å². The molecule has 158 valence electrons. The van der Waals surface area contributed by atoms with Gasteiger partial charge in [0.25, 0.3) is 10.0 Å². The normalized spacial score (nSPS) is 15.2. The van der Waals surface area contributed by atoms with Crippen molar-refractivity contribution in [2.75, 3.05) is 16.6 Å². The largest absolute Gasteiger partial charge is 0.421 e. The zero-order valence-corrected chi connectivity index (χ0v) is 18.8. The second-order valence-corrected chi connectivity index (χ2v) is 10.2. The van der Waals surface area contributed by atoms with Gasteiger partial charge in [0.15, 0.2) is 5.69 Å². The van der Waals surface area contributed by atoms with E-state index in [1.165, 1.54) is 31.4 Å². The van der Waals surface area contributed by atoms with Crippen LogP contribution in [0.3, 0.4) is 0 Å². The van der Waals surface area contributed by atoms with Crippen LogP contribution in [0.2, 0.25) is 0 Å². The van der Waals surface area contributed by atoms with Crippen LogP contribution in [0.15, 0.2) is 67.1 Å². The van der Waals surface area contributed by atoms with Crippen molar-refractivity contribution in [3.8, 4) is 0 Å². The van der Waals surface area contributed by atoms with Crippen LogP contribution >= 0.6 is 15.9 Å². The van der Waals surface area contributed by atoms with Gasteiger partial charge in [0.1, 0.15) is 5.58 Å². The smallest absolute Gasteiger partial charge is 0.363 e. The molecule has 4 rings (SSSR count). The lowest BCUT2D eigenvalue weighted by atomic mass is 9.89. The van der Waals surface area contributed by atoms with Crippen LogP contribution in [0.1, 0.15) is 32.1 Å². The lowest BCUT2D eigenvalue weighted by molar-refractivity contribution is 0.373. The van der Waals surface area contributed by atoms with Crippen molar-refractivity contribution in [3.63, 3.8) is 0 Å². The SMILES string of the molecule is O=c1oc2ccccc2c(NCC2CCCCC2)c1NS(=O)(=O)c1ccc(Br)cc1. The fraction of sp³-hybridized carbons (Fsp3) is 0.318. The van der Waals surface area contributed by atoms with E-state index >= 15 is 0 Å². The molecule has 0 amide bonds. The van der Waals surface area contributed by atoms with Crippen LogP contribution in [-0.4, -0.2) is 15.0 Å². The quantitative estimate of drug-likeness (QED) is 0.454. The number of para-hydroxylation sites is 1. The third-order valence-electron chi connectivity index (χ3n) is 5.47. The lowest BCUT2D eigenvalue weighted by Crippen LogP contribution is -2.23. The van der Waals surface area contributed by atoms with E-state index in [0.717, 1.165) is 17.3 Å². The lowest BCUT2D eigenvalue weighted by Gasteiger charge is -2.23. The Bertz CT molecular complexity index is 1200. The average molecular weight is 491 g/mol. The highest BCUT2D eigenvalue weighted by molar-refractivity contribution is 9.10. The average Bonchev–Trinajstić information content (AvgIpc) is 2.74. The van der Waals surface area contributed by atoms with Crippen LogP contribution in [0.4, 0.5) is 11.4 Å². The Morgan fingerprint density at radius 1 is 0.967 bits per heavy atom. The molecule has 0 spiro atoms. The van der Waals surface area contributed by atoms with Gasteiger partial charge in [-0.2, -0.15) is 0 Å². The van der Waals surface area contributed by atoms with E-state index in [0.29, 0.717) is 29.1 Å². The minimum Gasteiger partial charge on any atom is -0.421 e. The molecule has 3 aromatic rings. The Balaban J connectivity index is 1.73. The minimum absolute atomic E-state index is 0.0662. The van der Waals surface area contributed by atoms with E-state index in [-0.39, 0.29) is 10.6 Å². The Hall–Kier alpha value is -2.32.